The Balaban J connectivity index is 1.15. The molecule has 0 spiro atoms. The minimum absolute atomic E-state index is 0.908. The van der Waals surface area contributed by atoms with E-state index in [2.05, 4.69) is 169 Å². The summed E-state index contributed by atoms with van der Waals surface area (Å²) in [4.78, 5) is 2.42. The van der Waals surface area contributed by atoms with Gasteiger partial charge in [-0.2, -0.15) is 0 Å². The van der Waals surface area contributed by atoms with Crippen LogP contribution >= 0.6 is 11.3 Å². The van der Waals surface area contributed by atoms with Gasteiger partial charge in [-0.3, -0.25) is 0 Å². The van der Waals surface area contributed by atoms with Gasteiger partial charge < -0.3 is 9.32 Å². The maximum atomic E-state index is 6.14. The molecule has 0 aliphatic rings. The number of fused-ring (bicyclic) bond motifs is 7. The summed E-state index contributed by atoms with van der Waals surface area (Å²) in [5.41, 5.74) is 9.98. The molecule has 2 aromatic heterocycles. The summed E-state index contributed by atoms with van der Waals surface area (Å²) in [5, 5.41) is 7.36. The van der Waals surface area contributed by atoms with Gasteiger partial charge in [0.05, 0.1) is 10.4 Å². The van der Waals surface area contributed by atoms with E-state index in [1.165, 1.54) is 47.8 Å². The van der Waals surface area contributed by atoms with E-state index < -0.39 is 0 Å². The van der Waals surface area contributed by atoms with Crippen molar-refractivity contribution in [2.24, 2.45) is 0 Å². The number of benzene rings is 8. The Morgan fingerprint density at radius 1 is 0.408 bits per heavy atom. The fraction of sp³-hybridized carbons (Fsp3) is 0. The Labute approximate surface area is 287 Å². The van der Waals surface area contributed by atoms with Crippen molar-refractivity contribution in [2.45, 2.75) is 0 Å². The summed E-state index contributed by atoms with van der Waals surface area (Å²) in [6.07, 6.45) is 0. The molecular formula is C46H29NOS. The van der Waals surface area contributed by atoms with Crippen LogP contribution in [0, 0.1) is 0 Å². The molecule has 2 nitrogen and oxygen atoms in total. The van der Waals surface area contributed by atoms with Gasteiger partial charge in [0.15, 0.2) is 0 Å². The average molecular weight is 644 g/mol. The van der Waals surface area contributed by atoms with Crippen LogP contribution in [0.3, 0.4) is 0 Å². The largest absolute Gasteiger partial charge is 0.456 e. The number of para-hydroxylation sites is 1. The molecule has 3 heteroatoms. The molecule has 10 aromatic rings. The van der Waals surface area contributed by atoms with E-state index in [0.717, 1.165) is 44.4 Å². The Bertz CT molecular complexity index is 2840. The maximum Gasteiger partial charge on any atom is 0.135 e. The van der Waals surface area contributed by atoms with Crippen LogP contribution in [0.25, 0.3) is 75.1 Å². The average Bonchev–Trinajstić information content (AvgIpc) is 3.74. The zero-order valence-electron chi connectivity index (χ0n) is 26.5. The number of hydrogen-bond donors (Lipinski definition) is 0. The molecule has 0 unspecified atom stereocenters. The smallest absolute Gasteiger partial charge is 0.135 e. The van der Waals surface area contributed by atoms with E-state index in [0.29, 0.717) is 0 Å². The zero-order chi connectivity index (χ0) is 32.3. The molecular weight excluding hydrogens is 615 g/mol. The molecule has 0 bridgehead atoms. The van der Waals surface area contributed by atoms with Crippen molar-refractivity contribution in [3.05, 3.63) is 176 Å². The molecule has 0 aliphatic heterocycles. The number of thiophene rings is 1. The van der Waals surface area contributed by atoms with Gasteiger partial charge in [-0.25, -0.2) is 0 Å². The first-order chi connectivity index (χ1) is 24.3. The van der Waals surface area contributed by atoms with Gasteiger partial charge in [-0.15, -0.1) is 11.3 Å². The third kappa shape index (κ3) is 4.62. The topological polar surface area (TPSA) is 16.4 Å². The van der Waals surface area contributed by atoms with E-state index in [9.17, 15) is 0 Å². The van der Waals surface area contributed by atoms with Crippen molar-refractivity contribution < 1.29 is 4.42 Å². The molecule has 8 aromatic carbocycles. The summed E-state index contributed by atoms with van der Waals surface area (Å²) < 4.78 is 8.72. The molecule has 0 atom stereocenters. The van der Waals surface area contributed by atoms with Crippen molar-refractivity contribution >= 4 is 81.3 Å². The van der Waals surface area contributed by atoms with Crippen LogP contribution in [-0.4, -0.2) is 0 Å². The lowest BCUT2D eigenvalue weighted by Gasteiger charge is -2.27. The maximum absolute atomic E-state index is 6.14. The second-order valence-electron chi connectivity index (χ2n) is 12.5. The lowest BCUT2D eigenvalue weighted by molar-refractivity contribution is 0.669. The normalized spacial score (nSPS) is 11.7. The summed E-state index contributed by atoms with van der Waals surface area (Å²) in [5.74, 6) is 0. The summed E-state index contributed by atoms with van der Waals surface area (Å²) >= 11 is 1.86. The van der Waals surface area contributed by atoms with E-state index in [1.807, 2.05) is 23.5 Å². The highest BCUT2D eigenvalue weighted by molar-refractivity contribution is 7.26. The van der Waals surface area contributed by atoms with E-state index in [1.54, 1.807) is 0 Å². The van der Waals surface area contributed by atoms with Gasteiger partial charge in [0.25, 0.3) is 0 Å². The molecule has 230 valence electrons. The molecule has 0 saturated heterocycles. The van der Waals surface area contributed by atoms with Crippen LogP contribution in [0.4, 0.5) is 17.1 Å². The third-order valence-electron chi connectivity index (χ3n) is 9.66. The van der Waals surface area contributed by atoms with Gasteiger partial charge in [-0.05, 0) is 87.6 Å². The van der Waals surface area contributed by atoms with E-state index >= 15 is 0 Å². The Morgan fingerprint density at radius 3 is 2.00 bits per heavy atom. The van der Waals surface area contributed by atoms with Crippen LogP contribution in [0.5, 0.6) is 0 Å². The predicted octanol–water partition coefficient (Wildman–Crippen LogP) is 13.9. The number of rotatable bonds is 5. The first-order valence-corrected chi connectivity index (χ1v) is 17.4. The summed E-state index contributed by atoms with van der Waals surface area (Å²) in [6, 6.07) is 63.3. The number of anilines is 3. The summed E-state index contributed by atoms with van der Waals surface area (Å²) in [6.45, 7) is 0. The zero-order valence-corrected chi connectivity index (χ0v) is 27.3. The quantitative estimate of drug-likeness (QED) is 0.186. The predicted molar refractivity (Wildman–Crippen MR) is 210 cm³/mol. The molecule has 0 saturated carbocycles. The Kier molecular flexibility index (Phi) is 6.39. The van der Waals surface area contributed by atoms with Gasteiger partial charge in [0.2, 0.25) is 0 Å². The van der Waals surface area contributed by atoms with Crippen molar-refractivity contribution in [1.82, 2.24) is 0 Å². The highest BCUT2D eigenvalue weighted by Gasteiger charge is 2.19. The van der Waals surface area contributed by atoms with E-state index in [-0.39, 0.29) is 0 Å². The summed E-state index contributed by atoms with van der Waals surface area (Å²) in [7, 11) is 0. The van der Waals surface area contributed by atoms with Crippen LogP contribution in [-0.2, 0) is 0 Å². The van der Waals surface area contributed by atoms with Crippen LogP contribution in [0.2, 0.25) is 0 Å². The molecule has 10 rings (SSSR count). The molecule has 2 heterocycles. The number of furan rings is 1. The minimum Gasteiger partial charge on any atom is -0.456 e. The van der Waals surface area contributed by atoms with Gasteiger partial charge >= 0.3 is 0 Å². The van der Waals surface area contributed by atoms with Gasteiger partial charge in [0.1, 0.15) is 11.2 Å². The van der Waals surface area contributed by atoms with Crippen molar-refractivity contribution in [3.8, 4) is 22.3 Å². The van der Waals surface area contributed by atoms with Crippen molar-refractivity contribution in [2.75, 3.05) is 4.90 Å². The van der Waals surface area contributed by atoms with E-state index in [4.69, 9.17) is 4.42 Å². The molecule has 0 N–H and O–H groups in total. The van der Waals surface area contributed by atoms with Crippen LogP contribution in [0.15, 0.2) is 180 Å². The fourth-order valence-corrected chi connectivity index (χ4v) is 8.54. The first kappa shape index (κ1) is 27.9. The number of hydrogen-bond acceptors (Lipinski definition) is 3. The second kappa shape index (κ2) is 11.2. The minimum atomic E-state index is 0.908. The number of nitrogens with zero attached hydrogens (tertiary/aromatic N) is 1. The standard InChI is InChI=1S/C46H29NOS/c1-2-14-36-30(10-1)11-8-17-37(36)31-22-25-34(26-23-31)47(42-19-9-18-40-39-16-4-6-21-45(39)49-46(40)42)35-13-7-12-32(28-35)33-24-27-44-41(29-33)38-15-3-5-20-43(38)48-44/h1-29H. The lowest BCUT2D eigenvalue weighted by atomic mass is 9.98. The highest BCUT2D eigenvalue weighted by atomic mass is 32.1. The molecule has 0 radical (unpaired) electrons. The van der Waals surface area contributed by atoms with Crippen LogP contribution < -0.4 is 4.90 Å². The molecule has 0 aliphatic carbocycles. The second-order valence-corrected chi connectivity index (χ2v) is 13.6. The van der Waals surface area contributed by atoms with Gasteiger partial charge in [0, 0.05) is 37.6 Å². The highest BCUT2D eigenvalue weighted by Crippen LogP contribution is 2.46. The van der Waals surface area contributed by atoms with Gasteiger partial charge in [-0.1, -0.05) is 121 Å². The molecule has 49 heavy (non-hydrogen) atoms. The SMILES string of the molecule is c1cc(-c2ccc3oc4ccccc4c3c2)cc(N(c2ccc(-c3cccc4ccccc34)cc2)c2cccc3c2sc2ccccc23)c1. The first-order valence-electron chi connectivity index (χ1n) is 16.6. The molecule has 0 fully saturated rings. The monoisotopic (exact) mass is 643 g/mol. The van der Waals surface area contributed by atoms with Crippen LogP contribution in [0.1, 0.15) is 0 Å². The lowest BCUT2D eigenvalue weighted by Crippen LogP contribution is -2.10. The third-order valence-corrected chi connectivity index (χ3v) is 10.9. The van der Waals surface area contributed by atoms with Crippen molar-refractivity contribution in [1.29, 1.82) is 0 Å². The Hall–Kier alpha value is -6.16. The Morgan fingerprint density at radius 2 is 1.08 bits per heavy atom. The van der Waals surface area contributed by atoms with Crippen molar-refractivity contribution in [3.63, 3.8) is 0 Å². The molecule has 0 amide bonds. The fourth-order valence-electron chi connectivity index (χ4n) is 7.33.